The van der Waals surface area contributed by atoms with E-state index in [2.05, 4.69) is 33.1 Å². The van der Waals surface area contributed by atoms with E-state index < -0.39 is 11.6 Å². The molecule has 1 N–H and O–H groups in total. The van der Waals surface area contributed by atoms with E-state index >= 15 is 0 Å². The second-order valence-corrected chi connectivity index (χ2v) is 9.17. The minimum atomic E-state index is -1.07. The molecule has 0 radical (unpaired) electrons. The Morgan fingerprint density at radius 1 is 1.17 bits per heavy atom. The number of methoxy groups -OCH3 is 1. The molecule has 1 aromatic heterocycles. The number of fused-ring (bicyclic) bond motifs is 4. The van der Waals surface area contributed by atoms with Gasteiger partial charge < -0.3 is 19.3 Å². The summed E-state index contributed by atoms with van der Waals surface area (Å²) >= 11 is 0. The van der Waals surface area contributed by atoms with E-state index in [4.69, 9.17) is 9.47 Å². The molecule has 36 heavy (non-hydrogen) atoms. The van der Waals surface area contributed by atoms with Gasteiger partial charge in [0.15, 0.2) is 11.6 Å². The molecule has 3 heterocycles. The maximum absolute atomic E-state index is 14.9. The lowest BCUT2D eigenvalue weighted by Crippen LogP contribution is -2.56. The summed E-state index contributed by atoms with van der Waals surface area (Å²) in [7, 11) is 3.50. The van der Waals surface area contributed by atoms with Gasteiger partial charge in [0, 0.05) is 36.1 Å². The van der Waals surface area contributed by atoms with Crippen molar-refractivity contribution in [2.24, 2.45) is 0 Å². The molecular weight excluding hydrogens is 464 g/mol. The van der Waals surface area contributed by atoms with E-state index in [9.17, 15) is 14.0 Å². The van der Waals surface area contributed by atoms with Crippen LogP contribution in [-0.2, 0) is 0 Å². The van der Waals surface area contributed by atoms with Gasteiger partial charge in [-0.1, -0.05) is 6.07 Å². The smallest absolute Gasteiger partial charge is 0.170 e. The van der Waals surface area contributed by atoms with Crippen LogP contribution < -0.4 is 14.4 Å². The molecule has 182 valence electrons. The first-order chi connectivity index (χ1) is 17.5. The molecule has 0 bridgehead atoms. The Morgan fingerprint density at radius 2 is 2.03 bits per heavy atom. The van der Waals surface area contributed by atoms with Crippen LogP contribution in [0, 0.1) is 23.0 Å². The van der Waals surface area contributed by atoms with Crippen LogP contribution >= 0.6 is 0 Å². The average molecular weight is 488 g/mol. The first kappa shape index (κ1) is 22.3. The maximum Gasteiger partial charge on any atom is 0.170 e. The molecule has 1 saturated heterocycles. The van der Waals surface area contributed by atoms with Crippen LogP contribution in [0.1, 0.15) is 5.56 Å². The summed E-state index contributed by atoms with van der Waals surface area (Å²) in [5.74, 6) is -1.16. The van der Waals surface area contributed by atoms with Crippen molar-refractivity contribution in [3.8, 4) is 40.0 Å². The number of aromatic amines is 1. The number of anilines is 1. The van der Waals surface area contributed by atoms with Crippen molar-refractivity contribution in [1.29, 1.82) is 5.26 Å². The molecule has 2 aliphatic rings. The number of hydrogen-bond donors (Lipinski definition) is 1. The van der Waals surface area contributed by atoms with Crippen molar-refractivity contribution in [2.75, 3.05) is 45.3 Å². The van der Waals surface area contributed by atoms with Crippen LogP contribution in [0.15, 0.2) is 42.5 Å². The van der Waals surface area contributed by atoms with E-state index in [1.54, 1.807) is 12.1 Å². The lowest BCUT2D eigenvalue weighted by atomic mass is 9.95. The van der Waals surface area contributed by atoms with Gasteiger partial charge in [0.2, 0.25) is 0 Å². The monoisotopic (exact) mass is 487 g/mol. The number of nitriles is 1. The van der Waals surface area contributed by atoms with Gasteiger partial charge in [-0.3, -0.25) is 5.10 Å². The number of nitrogens with zero attached hydrogens (tertiary/aromatic N) is 4. The van der Waals surface area contributed by atoms with Gasteiger partial charge >= 0.3 is 0 Å². The zero-order valence-electron chi connectivity index (χ0n) is 19.8. The molecule has 0 amide bonds. The molecule has 6 rings (SSSR count). The Morgan fingerprint density at radius 3 is 2.83 bits per heavy atom. The molecular formula is C27H23F2N5O2. The number of rotatable bonds is 3. The third-order valence-electron chi connectivity index (χ3n) is 7.03. The minimum absolute atomic E-state index is 0.0991. The van der Waals surface area contributed by atoms with Gasteiger partial charge in [-0.2, -0.15) is 10.4 Å². The van der Waals surface area contributed by atoms with Gasteiger partial charge in [0.25, 0.3) is 0 Å². The highest BCUT2D eigenvalue weighted by Crippen LogP contribution is 2.42. The summed E-state index contributed by atoms with van der Waals surface area (Å²) in [5, 5.41) is 17.9. The van der Waals surface area contributed by atoms with E-state index in [1.165, 1.54) is 13.2 Å². The van der Waals surface area contributed by atoms with Crippen LogP contribution in [0.5, 0.6) is 11.5 Å². The summed E-state index contributed by atoms with van der Waals surface area (Å²) in [6, 6.07) is 14.0. The highest BCUT2D eigenvalue weighted by molar-refractivity contribution is 5.98. The highest BCUT2D eigenvalue weighted by Gasteiger charge is 2.32. The number of nitrogens with one attached hydrogen (secondary N) is 1. The Hall–Kier alpha value is -4.16. The average Bonchev–Trinajstić information content (AvgIpc) is 3.31. The van der Waals surface area contributed by atoms with Crippen LogP contribution in [0.2, 0.25) is 0 Å². The molecule has 1 fully saturated rings. The number of benzene rings is 3. The van der Waals surface area contributed by atoms with Crippen molar-refractivity contribution < 1.29 is 18.3 Å². The molecule has 7 nitrogen and oxygen atoms in total. The van der Waals surface area contributed by atoms with Gasteiger partial charge in [0.05, 0.1) is 41.6 Å². The summed E-state index contributed by atoms with van der Waals surface area (Å²) in [4.78, 5) is 4.70. The van der Waals surface area contributed by atoms with Crippen molar-refractivity contribution in [3.63, 3.8) is 0 Å². The van der Waals surface area contributed by atoms with Gasteiger partial charge in [0.1, 0.15) is 23.8 Å². The van der Waals surface area contributed by atoms with Crippen molar-refractivity contribution in [1.82, 2.24) is 15.1 Å². The highest BCUT2D eigenvalue weighted by atomic mass is 19.2. The Bertz CT molecular complexity index is 1540. The quantitative estimate of drug-likeness (QED) is 0.456. The van der Waals surface area contributed by atoms with Crippen molar-refractivity contribution >= 4 is 16.6 Å². The Labute approximate surface area is 206 Å². The van der Waals surface area contributed by atoms with Gasteiger partial charge in [-0.25, -0.2) is 8.78 Å². The third kappa shape index (κ3) is 3.45. The number of hydrogen-bond acceptors (Lipinski definition) is 6. The van der Waals surface area contributed by atoms with E-state index in [-0.39, 0.29) is 22.4 Å². The number of ether oxygens (including phenoxy) is 2. The molecule has 4 aromatic rings. The summed E-state index contributed by atoms with van der Waals surface area (Å²) in [6.45, 7) is 3.49. The predicted octanol–water partition coefficient (Wildman–Crippen LogP) is 4.57. The largest absolute Gasteiger partial charge is 0.496 e. The lowest BCUT2D eigenvalue weighted by molar-refractivity contribution is 0.188. The number of piperazine rings is 1. The number of aromatic nitrogens is 2. The van der Waals surface area contributed by atoms with Gasteiger partial charge in [-0.05, 0) is 43.4 Å². The normalized spacial score (nSPS) is 17.3. The van der Waals surface area contributed by atoms with Crippen LogP contribution in [-0.4, -0.2) is 61.5 Å². The summed E-state index contributed by atoms with van der Waals surface area (Å²) in [6.07, 6.45) is 0. The minimum Gasteiger partial charge on any atom is -0.496 e. The van der Waals surface area contributed by atoms with Crippen LogP contribution in [0.3, 0.4) is 0 Å². The molecule has 0 aliphatic carbocycles. The zero-order chi connectivity index (χ0) is 25.0. The predicted molar refractivity (Wildman–Crippen MR) is 132 cm³/mol. The molecule has 2 aliphatic heterocycles. The molecule has 3 aromatic carbocycles. The summed E-state index contributed by atoms with van der Waals surface area (Å²) < 4.78 is 40.5. The molecule has 0 saturated carbocycles. The third-order valence-corrected chi connectivity index (χ3v) is 7.03. The van der Waals surface area contributed by atoms with Crippen LogP contribution in [0.4, 0.5) is 14.5 Å². The number of halogens is 2. The molecule has 9 heteroatoms. The topological polar surface area (TPSA) is 77.4 Å². The van der Waals surface area contributed by atoms with E-state index in [0.717, 1.165) is 42.7 Å². The van der Waals surface area contributed by atoms with Crippen molar-refractivity contribution in [2.45, 2.75) is 6.04 Å². The fourth-order valence-electron chi connectivity index (χ4n) is 5.21. The maximum atomic E-state index is 14.9. The molecule has 0 spiro atoms. The summed E-state index contributed by atoms with van der Waals surface area (Å²) in [5.41, 5.74) is 3.42. The zero-order valence-corrected chi connectivity index (χ0v) is 19.8. The number of likely N-dealkylation sites (N-methyl/N-ethyl adjacent to an activating group) is 1. The first-order valence-corrected chi connectivity index (χ1v) is 11.7. The fourth-order valence-corrected chi connectivity index (χ4v) is 5.21. The van der Waals surface area contributed by atoms with Crippen LogP contribution in [0.25, 0.3) is 33.3 Å². The van der Waals surface area contributed by atoms with Crippen molar-refractivity contribution in [3.05, 3.63) is 59.7 Å². The SMILES string of the molecule is COc1ccc(F)c(F)c1-c1cc2c(-c3ccc4c(c3)OCC3CN(C)CCN43)n[nH]c2cc1C#N. The lowest BCUT2D eigenvalue weighted by Gasteiger charge is -2.44. The second kappa shape index (κ2) is 8.50. The Balaban J connectivity index is 1.47. The van der Waals surface area contributed by atoms with Gasteiger partial charge in [-0.15, -0.1) is 0 Å². The molecule has 1 unspecified atom stereocenters. The first-order valence-electron chi connectivity index (χ1n) is 11.7. The van der Waals surface area contributed by atoms with E-state index in [1.807, 2.05) is 18.2 Å². The number of H-pyrrole nitrogens is 1. The Kier molecular flexibility index (Phi) is 5.27. The second-order valence-electron chi connectivity index (χ2n) is 9.17. The molecule has 1 atom stereocenters. The standard InChI is InChI=1S/C27H23F2N5O2/c1-33-7-8-34-17(13-33)14-36-24-10-15(3-5-22(24)34)27-19-11-18(16(12-30)9-21(19)31-32-27)25-23(35-2)6-4-20(28)26(25)29/h3-6,9-11,17H,7-8,13-14H2,1-2H3,(H,31,32). The fraction of sp³-hybridized carbons (Fsp3) is 0.259. The van der Waals surface area contributed by atoms with E-state index in [0.29, 0.717) is 29.2 Å².